The van der Waals surface area contributed by atoms with Crippen LogP contribution in [0.1, 0.15) is 36.2 Å². The molecule has 7 heteroatoms. The molecule has 1 saturated heterocycles. The molecule has 0 spiro atoms. The number of rotatable bonds is 7. The van der Waals surface area contributed by atoms with Crippen molar-refractivity contribution >= 4 is 40.6 Å². The normalized spacial score (nSPS) is 16.4. The largest absolute Gasteiger partial charge is 0.494 e. The second-order valence-electron chi connectivity index (χ2n) is 6.50. The summed E-state index contributed by atoms with van der Waals surface area (Å²) < 4.78 is 10.2. The molecule has 30 heavy (non-hydrogen) atoms. The van der Waals surface area contributed by atoms with Crippen molar-refractivity contribution < 1.29 is 19.1 Å². The van der Waals surface area contributed by atoms with E-state index < -0.39 is 0 Å². The van der Waals surface area contributed by atoms with Gasteiger partial charge in [0.1, 0.15) is 5.75 Å². The van der Waals surface area contributed by atoms with E-state index in [0.29, 0.717) is 28.8 Å². The zero-order valence-electron chi connectivity index (χ0n) is 17.3. The average Bonchev–Trinajstić information content (AvgIpc) is 3.04. The van der Waals surface area contributed by atoms with Crippen LogP contribution in [0, 0.1) is 0 Å². The van der Waals surface area contributed by atoms with Gasteiger partial charge in [-0.1, -0.05) is 19.1 Å². The number of hydrogen-bond acceptors (Lipinski definition) is 6. The Bertz CT molecular complexity index is 966. The third-order valence-corrected chi connectivity index (χ3v) is 5.34. The number of benzene rings is 2. The van der Waals surface area contributed by atoms with E-state index >= 15 is 0 Å². The van der Waals surface area contributed by atoms with Gasteiger partial charge in [-0.05, 0) is 73.1 Å². The van der Waals surface area contributed by atoms with Gasteiger partial charge in [-0.3, -0.25) is 9.69 Å². The Morgan fingerprint density at radius 1 is 1.10 bits per heavy atom. The molecule has 2 aromatic rings. The Balaban J connectivity index is 1.84. The van der Waals surface area contributed by atoms with Crippen molar-refractivity contribution in [2.75, 3.05) is 20.3 Å². The number of nitrogens with zero attached hydrogens (tertiary/aromatic N) is 2. The summed E-state index contributed by atoms with van der Waals surface area (Å²) in [4.78, 5) is 31.5. The van der Waals surface area contributed by atoms with Crippen LogP contribution in [0.2, 0.25) is 0 Å². The molecule has 1 heterocycles. The molecule has 0 bridgehead atoms. The zero-order chi connectivity index (χ0) is 21.5. The van der Waals surface area contributed by atoms with Crippen LogP contribution in [0.15, 0.2) is 58.4 Å². The van der Waals surface area contributed by atoms with Crippen molar-refractivity contribution in [1.29, 1.82) is 0 Å². The maximum atomic E-state index is 12.9. The fourth-order valence-corrected chi connectivity index (χ4v) is 3.92. The number of esters is 1. The standard InChI is InChI=1S/C23H24N2O4S/c1-4-14-25-21(26)20(15-16-6-8-17(9-7-16)22(27)28-3)30-23(25)24-18-10-12-19(13-11-18)29-5-2/h6-13,15H,4-5,14H2,1-3H3/b20-15-,24-23?. The lowest BCUT2D eigenvalue weighted by molar-refractivity contribution is -0.122. The number of amidine groups is 1. The Labute approximate surface area is 180 Å². The Morgan fingerprint density at radius 2 is 1.80 bits per heavy atom. The summed E-state index contributed by atoms with van der Waals surface area (Å²) in [5.41, 5.74) is 2.06. The summed E-state index contributed by atoms with van der Waals surface area (Å²) in [6.45, 7) is 5.17. The van der Waals surface area contributed by atoms with Gasteiger partial charge in [-0.15, -0.1) is 0 Å². The van der Waals surface area contributed by atoms with E-state index in [1.54, 1.807) is 29.2 Å². The van der Waals surface area contributed by atoms with E-state index in [2.05, 4.69) is 4.99 Å². The zero-order valence-corrected chi connectivity index (χ0v) is 18.1. The van der Waals surface area contributed by atoms with Gasteiger partial charge in [0.05, 0.1) is 29.9 Å². The highest BCUT2D eigenvalue weighted by Crippen LogP contribution is 2.34. The van der Waals surface area contributed by atoms with Crippen LogP contribution >= 0.6 is 11.8 Å². The van der Waals surface area contributed by atoms with E-state index in [1.165, 1.54) is 18.9 Å². The highest BCUT2D eigenvalue weighted by molar-refractivity contribution is 8.18. The number of carbonyl (C=O) groups excluding carboxylic acids is 2. The van der Waals surface area contributed by atoms with Gasteiger partial charge in [-0.25, -0.2) is 9.79 Å². The molecule has 0 aliphatic carbocycles. The molecule has 3 rings (SSSR count). The minimum Gasteiger partial charge on any atom is -0.494 e. The first-order chi connectivity index (χ1) is 14.5. The molecule has 156 valence electrons. The van der Waals surface area contributed by atoms with Crippen LogP contribution in [0.5, 0.6) is 5.75 Å². The lowest BCUT2D eigenvalue weighted by atomic mass is 10.1. The van der Waals surface area contributed by atoms with Crippen molar-refractivity contribution in [3.63, 3.8) is 0 Å². The monoisotopic (exact) mass is 424 g/mol. The quantitative estimate of drug-likeness (QED) is 0.468. The molecule has 0 unspecified atom stereocenters. The number of aliphatic imine (C=N–C) groups is 1. The number of amides is 1. The maximum absolute atomic E-state index is 12.9. The molecular formula is C23H24N2O4S. The van der Waals surface area contributed by atoms with Gasteiger partial charge in [0.2, 0.25) is 0 Å². The minimum absolute atomic E-state index is 0.0661. The molecule has 0 N–H and O–H groups in total. The van der Waals surface area contributed by atoms with Gasteiger partial charge in [0.15, 0.2) is 5.17 Å². The van der Waals surface area contributed by atoms with E-state index in [0.717, 1.165) is 23.4 Å². The van der Waals surface area contributed by atoms with Crippen molar-refractivity contribution in [2.24, 2.45) is 4.99 Å². The van der Waals surface area contributed by atoms with E-state index in [9.17, 15) is 9.59 Å². The first kappa shape index (κ1) is 21.6. The summed E-state index contributed by atoms with van der Waals surface area (Å²) in [7, 11) is 1.35. The smallest absolute Gasteiger partial charge is 0.337 e. The van der Waals surface area contributed by atoms with Gasteiger partial charge in [0, 0.05) is 6.54 Å². The molecular weight excluding hydrogens is 400 g/mol. The molecule has 1 fully saturated rings. The Morgan fingerprint density at radius 3 is 2.40 bits per heavy atom. The predicted octanol–water partition coefficient (Wildman–Crippen LogP) is 4.89. The number of carbonyl (C=O) groups is 2. The number of ether oxygens (including phenoxy) is 2. The van der Waals surface area contributed by atoms with Crippen LogP contribution < -0.4 is 4.74 Å². The van der Waals surface area contributed by atoms with Crippen LogP contribution in [0.25, 0.3) is 6.08 Å². The highest BCUT2D eigenvalue weighted by atomic mass is 32.2. The van der Waals surface area contributed by atoms with Gasteiger partial charge in [-0.2, -0.15) is 0 Å². The summed E-state index contributed by atoms with van der Waals surface area (Å²) >= 11 is 1.35. The molecule has 1 aliphatic rings. The molecule has 0 saturated carbocycles. The van der Waals surface area contributed by atoms with Crippen LogP contribution in [0.3, 0.4) is 0 Å². The fourth-order valence-electron chi connectivity index (χ4n) is 2.89. The second-order valence-corrected chi connectivity index (χ2v) is 7.51. The first-order valence-electron chi connectivity index (χ1n) is 9.77. The van der Waals surface area contributed by atoms with E-state index in [-0.39, 0.29) is 11.9 Å². The summed E-state index contributed by atoms with van der Waals surface area (Å²) in [6.07, 6.45) is 2.65. The Kier molecular flexibility index (Phi) is 7.30. The highest BCUT2D eigenvalue weighted by Gasteiger charge is 2.32. The minimum atomic E-state index is -0.389. The molecule has 1 aliphatic heterocycles. The van der Waals surface area contributed by atoms with Crippen LogP contribution in [-0.4, -0.2) is 42.2 Å². The summed E-state index contributed by atoms with van der Waals surface area (Å²) in [6, 6.07) is 14.4. The SMILES string of the molecule is CCCN1C(=O)/C(=C/c2ccc(C(=O)OC)cc2)SC1=Nc1ccc(OCC)cc1. The van der Waals surface area contributed by atoms with Crippen LogP contribution in [-0.2, 0) is 9.53 Å². The predicted molar refractivity (Wildman–Crippen MR) is 120 cm³/mol. The summed E-state index contributed by atoms with van der Waals surface area (Å²) in [5.74, 6) is 0.334. The number of methoxy groups -OCH3 is 1. The molecule has 2 aromatic carbocycles. The number of thioether (sulfide) groups is 1. The third kappa shape index (κ3) is 5.10. The molecule has 0 radical (unpaired) electrons. The van der Waals surface area contributed by atoms with Gasteiger partial charge >= 0.3 is 5.97 Å². The summed E-state index contributed by atoms with van der Waals surface area (Å²) in [5, 5.41) is 0.656. The number of hydrogen-bond donors (Lipinski definition) is 0. The maximum Gasteiger partial charge on any atom is 0.337 e. The third-order valence-electron chi connectivity index (χ3n) is 4.34. The molecule has 0 atom stereocenters. The molecule has 6 nitrogen and oxygen atoms in total. The van der Waals surface area contributed by atoms with Crippen LogP contribution in [0.4, 0.5) is 5.69 Å². The first-order valence-corrected chi connectivity index (χ1v) is 10.6. The van der Waals surface area contributed by atoms with Crippen molar-refractivity contribution in [1.82, 2.24) is 4.90 Å². The lowest BCUT2D eigenvalue weighted by Crippen LogP contribution is -2.29. The van der Waals surface area contributed by atoms with E-state index in [1.807, 2.05) is 44.2 Å². The molecule has 1 amide bonds. The molecule has 0 aromatic heterocycles. The fraction of sp³-hybridized carbons (Fsp3) is 0.261. The Hall–Kier alpha value is -3.06. The van der Waals surface area contributed by atoms with Crippen molar-refractivity contribution in [3.05, 3.63) is 64.6 Å². The average molecular weight is 425 g/mol. The topological polar surface area (TPSA) is 68.2 Å². The van der Waals surface area contributed by atoms with Crippen molar-refractivity contribution in [3.8, 4) is 5.75 Å². The van der Waals surface area contributed by atoms with E-state index in [4.69, 9.17) is 9.47 Å². The van der Waals surface area contributed by atoms with Gasteiger partial charge in [0.25, 0.3) is 5.91 Å². The van der Waals surface area contributed by atoms with Crippen molar-refractivity contribution in [2.45, 2.75) is 20.3 Å². The second kappa shape index (κ2) is 10.1. The lowest BCUT2D eigenvalue weighted by Gasteiger charge is -2.14. The van der Waals surface area contributed by atoms with Gasteiger partial charge < -0.3 is 9.47 Å².